The van der Waals surface area contributed by atoms with E-state index in [1.807, 2.05) is 0 Å². The van der Waals surface area contributed by atoms with E-state index in [0.29, 0.717) is 25.2 Å². The van der Waals surface area contributed by atoms with Gasteiger partial charge >= 0.3 is 18.4 Å². The summed E-state index contributed by atoms with van der Waals surface area (Å²) in [4.78, 5) is 34.3. The second-order valence-corrected chi connectivity index (χ2v) is 6.31. The third kappa shape index (κ3) is 2.65. The summed E-state index contributed by atoms with van der Waals surface area (Å²) in [6.07, 6.45) is 0.182. The number of carbonyl (C=O) groups is 3. The molecule has 4 aliphatic rings. The number of hydrogen-bond acceptors (Lipinski definition) is 5. The van der Waals surface area contributed by atoms with Crippen molar-refractivity contribution in [3.63, 3.8) is 0 Å². The van der Waals surface area contributed by atoms with E-state index in [4.69, 9.17) is 4.74 Å². The molecule has 7 heteroatoms. The fourth-order valence-corrected chi connectivity index (χ4v) is 4.26. The quantitative estimate of drug-likeness (QED) is 0.736. The van der Waals surface area contributed by atoms with Crippen LogP contribution in [0.1, 0.15) is 32.1 Å². The van der Waals surface area contributed by atoms with Gasteiger partial charge in [0.25, 0.3) is 0 Å². The molecule has 0 saturated heterocycles. The third-order valence-electron chi connectivity index (χ3n) is 4.78. The van der Waals surface area contributed by atoms with Crippen LogP contribution >= 0.6 is 0 Å². The molecule has 0 radical (unpaired) electrons. The van der Waals surface area contributed by atoms with Gasteiger partial charge in [0.05, 0.1) is 0 Å². The Bertz CT molecular complexity index is 472. The van der Waals surface area contributed by atoms with Crippen molar-refractivity contribution in [1.82, 2.24) is 0 Å². The van der Waals surface area contributed by atoms with Crippen molar-refractivity contribution in [1.29, 1.82) is 0 Å². The predicted octanol–water partition coefficient (Wildman–Crippen LogP) is 1.49. The summed E-state index contributed by atoms with van der Waals surface area (Å²) in [6.45, 7) is -0.807. The molecule has 0 aliphatic heterocycles. The summed E-state index contributed by atoms with van der Waals surface area (Å²) in [5.74, 6) is -2.00. The molecule has 4 aliphatic carbocycles. The van der Waals surface area contributed by atoms with Gasteiger partial charge in [-0.2, -0.15) is 8.78 Å². The Balaban J connectivity index is 1.59. The zero-order valence-electron chi connectivity index (χ0n) is 11.3. The molecule has 2 atom stereocenters. The van der Waals surface area contributed by atoms with Gasteiger partial charge in [0, 0.05) is 11.8 Å². The van der Waals surface area contributed by atoms with Crippen molar-refractivity contribution in [3.8, 4) is 0 Å². The van der Waals surface area contributed by atoms with Crippen LogP contribution in [0, 0.1) is 17.8 Å². The molecule has 21 heavy (non-hydrogen) atoms. The Hall–Kier alpha value is -1.53. The van der Waals surface area contributed by atoms with Crippen LogP contribution in [-0.2, 0) is 23.9 Å². The van der Waals surface area contributed by atoms with Gasteiger partial charge in [-0.3, -0.25) is 4.79 Å². The molecule has 0 aromatic carbocycles. The molecule has 4 bridgehead atoms. The third-order valence-corrected chi connectivity index (χ3v) is 4.78. The zero-order chi connectivity index (χ0) is 15.2. The first-order valence-electron chi connectivity index (χ1n) is 7.09. The van der Waals surface area contributed by atoms with Gasteiger partial charge in [-0.1, -0.05) is 0 Å². The maximum atomic E-state index is 12.0. The molecule has 0 spiro atoms. The number of alkyl halides is 2. The van der Waals surface area contributed by atoms with Gasteiger partial charge in [-0.25, -0.2) is 9.59 Å². The standard InChI is InChI=1S/C14H16F2O5/c15-12(16)13(19)20-6-10(17)21-14-3-7-1-8(4-14)11(18)9(2-7)5-14/h7-9,12H,1-6H2. The van der Waals surface area contributed by atoms with Gasteiger partial charge in [0.2, 0.25) is 0 Å². The summed E-state index contributed by atoms with van der Waals surface area (Å²) in [6, 6.07) is 0. The highest BCUT2D eigenvalue weighted by Crippen LogP contribution is 2.55. The second-order valence-electron chi connectivity index (χ2n) is 6.31. The Morgan fingerprint density at radius 3 is 2.38 bits per heavy atom. The minimum absolute atomic E-state index is 0.0485. The van der Waals surface area contributed by atoms with E-state index in [1.54, 1.807) is 0 Å². The lowest BCUT2D eigenvalue weighted by Gasteiger charge is -2.54. The molecule has 0 aromatic heterocycles. The first kappa shape index (κ1) is 14.4. The Kier molecular flexibility index (Phi) is 3.45. The monoisotopic (exact) mass is 302 g/mol. The first-order chi connectivity index (χ1) is 9.88. The SMILES string of the molecule is O=C(COC(=O)C(F)F)OC12CC3CC(C1)C(=O)C(C3)C2. The van der Waals surface area contributed by atoms with Gasteiger partial charge in [-0.05, 0) is 38.0 Å². The zero-order valence-corrected chi connectivity index (χ0v) is 11.3. The van der Waals surface area contributed by atoms with E-state index in [-0.39, 0.29) is 17.6 Å². The highest BCUT2D eigenvalue weighted by atomic mass is 19.3. The summed E-state index contributed by atoms with van der Waals surface area (Å²) in [5.41, 5.74) is -0.668. The van der Waals surface area contributed by atoms with Crippen LogP contribution in [0.3, 0.4) is 0 Å². The molecule has 0 N–H and O–H groups in total. The fourth-order valence-electron chi connectivity index (χ4n) is 4.26. The summed E-state index contributed by atoms with van der Waals surface area (Å²) in [7, 11) is 0. The van der Waals surface area contributed by atoms with Crippen molar-refractivity contribution < 1.29 is 32.6 Å². The van der Waals surface area contributed by atoms with Crippen LogP contribution in [0.25, 0.3) is 0 Å². The van der Waals surface area contributed by atoms with E-state index >= 15 is 0 Å². The maximum absolute atomic E-state index is 12.0. The molecule has 0 heterocycles. The van der Waals surface area contributed by atoms with Gasteiger partial charge < -0.3 is 9.47 Å². The number of rotatable bonds is 4. The normalized spacial score (nSPS) is 36.9. The highest BCUT2D eigenvalue weighted by molar-refractivity contribution is 5.86. The largest absolute Gasteiger partial charge is 0.456 e. The van der Waals surface area contributed by atoms with Crippen LogP contribution < -0.4 is 0 Å². The van der Waals surface area contributed by atoms with Crippen LogP contribution in [0.2, 0.25) is 0 Å². The Morgan fingerprint density at radius 1 is 1.19 bits per heavy atom. The minimum Gasteiger partial charge on any atom is -0.456 e. The lowest BCUT2D eigenvalue weighted by Crippen LogP contribution is -2.57. The number of ketones is 1. The maximum Gasteiger partial charge on any atom is 0.374 e. The number of ether oxygens (including phenoxy) is 2. The summed E-state index contributed by atoms with van der Waals surface area (Å²) in [5, 5.41) is 0. The van der Waals surface area contributed by atoms with Gasteiger partial charge in [-0.15, -0.1) is 0 Å². The molecular formula is C14H16F2O5. The minimum atomic E-state index is -3.25. The second kappa shape index (κ2) is 5.03. The van der Waals surface area contributed by atoms with Crippen molar-refractivity contribution in [2.24, 2.45) is 17.8 Å². The van der Waals surface area contributed by atoms with Crippen LogP contribution in [-0.4, -0.2) is 36.4 Å². The molecular weight excluding hydrogens is 286 g/mol. The van der Waals surface area contributed by atoms with Gasteiger partial charge in [0.1, 0.15) is 11.4 Å². The van der Waals surface area contributed by atoms with Crippen molar-refractivity contribution >= 4 is 17.7 Å². The molecule has 4 fully saturated rings. The molecule has 4 rings (SSSR count). The summed E-state index contributed by atoms with van der Waals surface area (Å²) < 4.78 is 33.5. The number of Topliss-reactive ketones (excluding diaryl/α,β-unsaturated/α-hetero) is 1. The molecule has 2 unspecified atom stereocenters. The van der Waals surface area contributed by atoms with E-state index in [0.717, 1.165) is 12.8 Å². The average Bonchev–Trinajstić information content (AvgIpc) is 2.40. The predicted molar refractivity (Wildman–Crippen MR) is 64.3 cm³/mol. The van der Waals surface area contributed by atoms with Crippen LogP contribution in [0.4, 0.5) is 8.78 Å². The smallest absolute Gasteiger partial charge is 0.374 e. The van der Waals surface area contributed by atoms with E-state index in [9.17, 15) is 23.2 Å². The first-order valence-corrected chi connectivity index (χ1v) is 7.09. The Morgan fingerprint density at radius 2 is 1.81 bits per heavy atom. The van der Waals surface area contributed by atoms with E-state index in [2.05, 4.69) is 4.74 Å². The van der Waals surface area contributed by atoms with Crippen LogP contribution in [0.5, 0.6) is 0 Å². The summed E-state index contributed by atoms with van der Waals surface area (Å²) >= 11 is 0. The molecule has 116 valence electrons. The number of esters is 2. The van der Waals surface area contributed by atoms with Crippen molar-refractivity contribution in [2.45, 2.75) is 44.1 Å². The van der Waals surface area contributed by atoms with E-state index in [1.165, 1.54) is 0 Å². The Labute approximate surface area is 120 Å². The number of carbonyl (C=O) groups excluding carboxylic acids is 3. The average molecular weight is 302 g/mol. The highest BCUT2D eigenvalue weighted by Gasteiger charge is 2.57. The molecule has 0 amide bonds. The van der Waals surface area contributed by atoms with Crippen molar-refractivity contribution in [3.05, 3.63) is 0 Å². The van der Waals surface area contributed by atoms with Crippen LogP contribution in [0.15, 0.2) is 0 Å². The lowest BCUT2D eigenvalue weighted by molar-refractivity contribution is -0.195. The van der Waals surface area contributed by atoms with E-state index < -0.39 is 30.6 Å². The fraction of sp³-hybridized carbons (Fsp3) is 0.786. The van der Waals surface area contributed by atoms with Crippen molar-refractivity contribution in [2.75, 3.05) is 6.61 Å². The number of hydrogen-bond donors (Lipinski definition) is 0. The molecule has 4 saturated carbocycles. The number of halogens is 2. The molecule has 5 nitrogen and oxygen atoms in total. The molecule has 0 aromatic rings. The van der Waals surface area contributed by atoms with Gasteiger partial charge in [0.15, 0.2) is 6.61 Å². The lowest BCUT2D eigenvalue weighted by atomic mass is 9.53. The topological polar surface area (TPSA) is 69.7 Å².